The van der Waals surface area contributed by atoms with E-state index in [1.165, 1.54) is 6.07 Å². The summed E-state index contributed by atoms with van der Waals surface area (Å²) in [4.78, 5) is 23.2. The van der Waals surface area contributed by atoms with Crippen molar-refractivity contribution >= 4 is 39.3 Å². The highest BCUT2D eigenvalue weighted by molar-refractivity contribution is 9.10. The number of carboxylic acid groups (broad SMARTS) is 1. The van der Waals surface area contributed by atoms with E-state index in [0.717, 1.165) is 4.47 Å². The van der Waals surface area contributed by atoms with E-state index in [0.29, 0.717) is 11.3 Å². The zero-order valence-corrected chi connectivity index (χ0v) is 12.8. The van der Waals surface area contributed by atoms with Gasteiger partial charge < -0.3 is 15.7 Å². The first-order valence-electron chi connectivity index (χ1n) is 6.14. The Labute approximate surface area is 130 Å². The highest BCUT2D eigenvalue weighted by Gasteiger charge is 2.14. The molecule has 108 valence electrons. The molecule has 6 heteroatoms. The van der Waals surface area contributed by atoms with Gasteiger partial charge in [0.15, 0.2) is 0 Å². The van der Waals surface area contributed by atoms with Crippen molar-refractivity contribution < 1.29 is 14.7 Å². The van der Waals surface area contributed by atoms with Crippen LogP contribution in [0.2, 0.25) is 0 Å². The number of rotatable bonds is 3. The van der Waals surface area contributed by atoms with Gasteiger partial charge in [0.2, 0.25) is 0 Å². The molecule has 0 radical (unpaired) electrons. The number of carbonyl (C=O) groups excluding carboxylic acids is 1. The van der Waals surface area contributed by atoms with E-state index in [2.05, 4.69) is 26.6 Å². The van der Waals surface area contributed by atoms with E-state index in [4.69, 9.17) is 5.11 Å². The van der Waals surface area contributed by atoms with Crippen molar-refractivity contribution in [2.24, 2.45) is 0 Å². The summed E-state index contributed by atoms with van der Waals surface area (Å²) in [5.41, 5.74) is 1.63. The van der Waals surface area contributed by atoms with Gasteiger partial charge in [0, 0.05) is 10.2 Å². The lowest BCUT2D eigenvalue weighted by molar-refractivity contribution is 0.0698. The summed E-state index contributed by atoms with van der Waals surface area (Å²) < 4.78 is 0.836. The molecule has 0 aliphatic heterocycles. The Morgan fingerprint density at radius 2 is 1.81 bits per heavy atom. The van der Waals surface area contributed by atoms with Gasteiger partial charge >= 0.3 is 12.0 Å². The van der Waals surface area contributed by atoms with E-state index >= 15 is 0 Å². The maximum absolute atomic E-state index is 12.0. The lowest BCUT2D eigenvalue weighted by Gasteiger charge is -2.12. The van der Waals surface area contributed by atoms with Crippen LogP contribution in [-0.4, -0.2) is 17.1 Å². The van der Waals surface area contributed by atoms with Crippen LogP contribution in [0.1, 0.15) is 15.9 Å². The molecule has 0 fully saturated rings. The number of benzene rings is 2. The number of halogens is 1. The van der Waals surface area contributed by atoms with Crippen LogP contribution in [0.15, 0.2) is 46.9 Å². The lowest BCUT2D eigenvalue weighted by Crippen LogP contribution is -2.21. The second-order valence-electron chi connectivity index (χ2n) is 4.39. The summed E-state index contributed by atoms with van der Waals surface area (Å²) in [5.74, 6) is -1.09. The van der Waals surface area contributed by atoms with Crippen molar-refractivity contribution in [2.45, 2.75) is 6.92 Å². The second-order valence-corrected chi connectivity index (χ2v) is 5.31. The number of carboxylic acids is 1. The van der Waals surface area contributed by atoms with Gasteiger partial charge in [-0.3, -0.25) is 0 Å². The van der Waals surface area contributed by atoms with E-state index < -0.39 is 12.0 Å². The van der Waals surface area contributed by atoms with E-state index in [-0.39, 0.29) is 11.3 Å². The van der Waals surface area contributed by atoms with Gasteiger partial charge in [-0.2, -0.15) is 0 Å². The number of anilines is 2. The van der Waals surface area contributed by atoms with Crippen molar-refractivity contribution in [3.05, 3.63) is 58.1 Å². The van der Waals surface area contributed by atoms with E-state index in [1.807, 2.05) is 6.07 Å². The molecule has 0 aliphatic carbocycles. The van der Waals surface area contributed by atoms with E-state index in [9.17, 15) is 9.59 Å². The highest BCUT2D eigenvalue weighted by Crippen LogP contribution is 2.21. The first-order chi connectivity index (χ1) is 9.97. The molecule has 2 amide bonds. The molecule has 0 atom stereocenters. The molecule has 21 heavy (non-hydrogen) atoms. The van der Waals surface area contributed by atoms with Crippen LogP contribution in [0.3, 0.4) is 0 Å². The molecule has 0 aromatic heterocycles. The molecule has 0 unspecified atom stereocenters. The van der Waals surface area contributed by atoms with Gasteiger partial charge in [0.05, 0.1) is 11.3 Å². The fourth-order valence-electron chi connectivity index (χ4n) is 1.85. The third-order valence-corrected chi connectivity index (χ3v) is 3.32. The van der Waals surface area contributed by atoms with Crippen molar-refractivity contribution in [3.63, 3.8) is 0 Å². The standard InChI is InChI=1S/C15H13BrN2O3/c1-9-4-2-7-12(14(19)20)13(9)18-15(21)17-11-6-3-5-10(16)8-11/h2-8H,1H3,(H,19,20)(H2,17,18,21). The number of nitrogens with one attached hydrogen (secondary N) is 2. The zero-order valence-electron chi connectivity index (χ0n) is 11.2. The Bertz CT molecular complexity index is 701. The Kier molecular flexibility index (Phi) is 4.59. The van der Waals surface area contributed by atoms with Crippen molar-refractivity contribution in [1.82, 2.24) is 0 Å². The van der Waals surface area contributed by atoms with Gasteiger partial charge in [0.1, 0.15) is 0 Å². The second kappa shape index (κ2) is 6.41. The van der Waals surface area contributed by atoms with Crippen LogP contribution < -0.4 is 10.6 Å². The molecular weight excluding hydrogens is 336 g/mol. The van der Waals surface area contributed by atoms with Crippen molar-refractivity contribution in [2.75, 3.05) is 10.6 Å². The number of hydrogen-bond donors (Lipinski definition) is 3. The molecule has 5 nitrogen and oxygen atoms in total. The van der Waals surface area contributed by atoms with E-state index in [1.54, 1.807) is 37.3 Å². The molecule has 2 aromatic carbocycles. The van der Waals surface area contributed by atoms with Gasteiger partial charge in [-0.1, -0.05) is 34.1 Å². The number of aryl methyl sites for hydroxylation is 1. The van der Waals surface area contributed by atoms with Crippen molar-refractivity contribution in [1.29, 1.82) is 0 Å². The van der Waals surface area contributed by atoms with Crippen LogP contribution in [0.5, 0.6) is 0 Å². The maximum atomic E-state index is 12.0. The minimum absolute atomic E-state index is 0.0550. The fourth-order valence-corrected chi connectivity index (χ4v) is 2.25. The van der Waals surface area contributed by atoms with Crippen LogP contribution in [0.4, 0.5) is 16.2 Å². The van der Waals surface area contributed by atoms with Gasteiger partial charge in [-0.05, 0) is 36.8 Å². The molecular formula is C15H13BrN2O3. The number of aromatic carboxylic acids is 1. The third kappa shape index (κ3) is 3.82. The largest absolute Gasteiger partial charge is 0.478 e. The summed E-state index contributed by atoms with van der Waals surface area (Å²) in [6.07, 6.45) is 0. The first-order valence-corrected chi connectivity index (χ1v) is 6.93. The Morgan fingerprint density at radius 3 is 2.48 bits per heavy atom. The average Bonchev–Trinajstić information content (AvgIpc) is 2.40. The molecule has 0 heterocycles. The number of para-hydroxylation sites is 1. The smallest absolute Gasteiger partial charge is 0.337 e. The van der Waals surface area contributed by atoms with Gasteiger partial charge in [-0.25, -0.2) is 9.59 Å². The molecule has 3 N–H and O–H groups in total. The van der Waals surface area contributed by atoms with Crippen LogP contribution in [0.25, 0.3) is 0 Å². The summed E-state index contributed by atoms with van der Waals surface area (Å²) >= 11 is 3.31. The number of hydrogen-bond acceptors (Lipinski definition) is 2. The first kappa shape index (κ1) is 15.1. The lowest BCUT2D eigenvalue weighted by atomic mass is 10.1. The summed E-state index contributed by atoms with van der Waals surface area (Å²) in [6.45, 7) is 1.74. The quantitative estimate of drug-likeness (QED) is 0.781. The summed E-state index contributed by atoms with van der Waals surface area (Å²) in [7, 11) is 0. The minimum Gasteiger partial charge on any atom is -0.478 e. The third-order valence-electron chi connectivity index (χ3n) is 2.82. The highest BCUT2D eigenvalue weighted by atomic mass is 79.9. The fraction of sp³-hybridized carbons (Fsp3) is 0.0667. The zero-order chi connectivity index (χ0) is 15.4. The predicted molar refractivity (Wildman–Crippen MR) is 84.9 cm³/mol. The topological polar surface area (TPSA) is 78.4 Å². The van der Waals surface area contributed by atoms with Crippen LogP contribution in [-0.2, 0) is 0 Å². The normalized spacial score (nSPS) is 10.0. The number of urea groups is 1. The molecule has 0 spiro atoms. The molecule has 2 rings (SSSR count). The minimum atomic E-state index is -1.09. The SMILES string of the molecule is Cc1cccc(C(=O)O)c1NC(=O)Nc1cccc(Br)c1. The van der Waals surface area contributed by atoms with Gasteiger partial charge in [-0.15, -0.1) is 0 Å². The van der Waals surface area contributed by atoms with Crippen LogP contribution in [0, 0.1) is 6.92 Å². The molecule has 0 saturated heterocycles. The van der Waals surface area contributed by atoms with Gasteiger partial charge in [0.25, 0.3) is 0 Å². The Hall–Kier alpha value is -2.34. The molecule has 0 bridgehead atoms. The number of amides is 2. The average molecular weight is 349 g/mol. The monoisotopic (exact) mass is 348 g/mol. The molecule has 0 saturated carbocycles. The van der Waals surface area contributed by atoms with Crippen LogP contribution >= 0.6 is 15.9 Å². The Balaban J connectivity index is 2.18. The maximum Gasteiger partial charge on any atom is 0.337 e. The molecule has 0 aliphatic rings. The summed E-state index contributed by atoms with van der Waals surface area (Å²) in [5, 5.41) is 14.4. The van der Waals surface area contributed by atoms with Crippen molar-refractivity contribution in [3.8, 4) is 0 Å². The Morgan fingerprint density at radius 1 is 1.10 bits per heavy atom. The predicted octanol–water partition coefficient (Wildman–Crippen LogP) is 4.10. The summed E-state index contributed by atoms with van der Waals surface area (Å²) in [6, 6.07) is 11.4. The molecule has 2 aromatic rings. The number of carbonyl (C=O) groups is 2.